The zero-order valence-corrected chi connectivity index (χ0v) is 14.5. The van der Waals surface area contributed by atoms with E-state index in [9.17, 15) is 13.7 Å². The second-order valence-corrected chi connectivity index (χ2v) is 7.48. The Labute approximate surface area is 147 Å². The lowest BCUT2D eigenvalue weighted by atomic mass is 10.1. The third-order valence-electron chi connectivity index (χ3n) is 4.24. The molecule has 130 valence electrons. The van der Waals surface area contributed by atoms with Gasteiger partial charge in [-0.1, -0.05) is 6.07 Å². The first-order valence-corrected chi connectivity index (χ1v) is 9.46. The van der Waals surface area contributed by atoms with Crippen molar-refractivity contribution < 1.29 is 8.42 Å². The number of hydrogen-bond donors (Lipinski definition) is 1. The molecule has 1 saturated heterocycles. The molecule has 8 heteroatoms. The average Bonchev–Trinajstić information content (AvgIpc) is 2.62. The standard InChI is InChI=1S/C17H19N5O2S/c18-12-14-11-16(25(19,23)24)4-5-17(14)22-9-7-21(8-10-22)13-15-3-1-2-6-20-15/h1-6,11H,7-10,13H2,(H2,19,23,24). The van der Waals surface area contributed by atoms with E-state index in [0.29, 0.717) is 5.56 Å². The molecule has 0 aliphatic carbocycles. The van der Waals surface area contributed by atoms with Crippen LogP contribution in [0.4, 0.5) is 5.69 Å². The molecular formula is C17H19N5O2S. The minimum Gasteiger partial charge on any atom is -0.368 e. The lowest BCUT2D eigenvalue weighted by Gasteiger charge is -2.36. The molecule has 25 heavy (non-hydrogen) atoms. The minimum absolute atomic E-state index is 0.0402. The molecule has 1 fully saturated rings. The van der Waals surface area contributed by atoms with Crippen molar-refractivity contribution in [1.82, 2.24) is 9.88 Å². The van der Waals surface area contributed by atoms with Crippen molar-refractivity contribution in [3.8, 4) is 6.07 Å². The summed E-state index contributed by atoms with van der Waals surface area (Å²) < 4.78 is 22.9. The normalized spacial score (nSPS) is 15.8. The van der Waals surface area contributed by atoms with Crippen LogP contribution >= 0.6 is 0 Å². The largest absolute Gasteiger partial charge is 0.368 e. The first kappa shape index (κ1) is 17.4. The highest BCUT2D eigenvalue weighted by Gasteiger charge is 2.21. The Bertz CT molecular complexity index is 885. The van der Waals surface area contributed by atoms with Gasteiger partial charge < -0.3 is 4.90 Å². The molecule has 3 rings (SSSR count). The summed E-state index contributed by atoms with van der Waals surface area (Å²) in [6.45, 7) is 4.01. The Morgan fingerprint density at radius 2 is 1.92 bits per heavy atom. The number of anilines is 1. The minimum atomic E-state index is -3.81. The van der Waals surface area contributed by atoms with Gasteiger partial charge in [0.1, 0.15) is 6.07 Å². The van der Waals surface area contributed by atoms with Crippen molar-refractivity contribution in [2.75, 3.05) is 31.1 Å². The highest BCUT2D eigenvalue weighted by molar-refractivity contribution is 7.89. The smallest absolute Gasteiger partial charge is 0.238 e. The van der Waals surface area contributed by atoms with E-state index in [0.717, 1.165) is 44.1 Å². The number of piperazine rings is 1. The summed E-state index contributed by atoms with van der Waals surface area (Å²) in [5.41, 5.74) is 2.10. The number of aromatic nitrogens is 1. The zero-order chi connectivity index (χ0) is 17.9. The molecular weight excluding hydrogens is 338 g/mol. The summed E-state index contributed by atoms with van der Waals surface area (Å²) in [6, 6.07) is 12.4. The summed E-state index contributed by atoms with van der Waals surface area (Å²) in [4.78, 5) is 8.71. The number of rotatable bonds is 4. The van der Waals surface area contributed by atoms with Crippen molar-refractivity contribution in [2.24, 2.45) is 5.14 Å². The van der Waals surface area contributed by atoms with E-state index in [4.69, 9.17) is 5.14 Å². The number of primary sulfonamides is 1. The Hall–Kier alpha value is -2.47. The third-order valence-corrected chi connectivity index (χ3v) is 5.15. The van der Waals surface area contributed by atoms with Gasteiger partial charge in [-0.3, -0.25) is 9.88 Å². The topological polar surface area (TPSA) is 103 Å². The highest BCUT2D eigenvalue weighted by atomic mass is 32.2. The second kappa shape index (κ2) is 7.19. The molecule has 2 heterocycles. The number of nitriles is 1. The molecule has 0 amide bonds. The Morgan fingerprint density at radius 3 is 2.52 bits per heavy atom. The average molecular weight is 357 g/mol. The van der Waals surface area contributed by atoms with Crippen molar-refractivity contribution >= 4 is 15.7 Å². The van der Waals surface area contributed by atoms with Gasteiger partial charge in [0.25, 0.3) is 0 Å². The van der Waals surface area contributed by atoms with Gasteiger partial charge in [-0.2, -0.15) is 5.26 Å². The molecule has 1 aromatic carbocycles. The molecule has 1 aromatic heterocycles. The van der Waals surface area contributed by atoms with E-state index in [1.54, 1.807) is 12.3 Å². The van der Waals surface area contributed by atoms with Crippen LogP contribution in [-0.2, 0) is 16.6 Å². The van der Waals surface area contributed by atoms with Crippen molar-refractivity contribution in [3.63, 3.8) is 0 Å². The van der Waals surface area contributed by atoms with Crippen LogP contribution in [0.25, 0.3) is 0 Å². The number of sulfonamides is 1. The van der Waals surface area contributed by atoms with E-state index in [1.807, 2.05) is 18.2 Å². The van der Waals surface area contributed by atoms with Crippen molar-refractivity contribution in [3.05, 3.63) is 53.9 Å². The van der Waals surface area contributed by atoms with Crippen LogP contribution in [0.1, 0.15) is 11.3 Å². The van der Waals surface area contributed by atoms with Crippen LogP contribution in [-0.4, -0.2) is 44.5 Å². The molecule has 1 aliphatic heterocycles. The summed E-state index contributed by atoms with van der Waals surface area (Å²) in [6.07, 6.45) is 1.79. The quantitative estimate of drug-likeness (QED) is 0.873. The van der Waals surface area contributed by atoms with Crippen LogP contribution in [0.2, 0.25) is 0 Å². The van der Waals surface area contributed by atoms with E-state index >= 15 is 0 Å². The first-order valence-electron chi connectivity index (χ1n) is 7.91. The third kappa shape index (κ3) is 4.14. The maximum absolute atomic E-state index is 11.4. The summed E-state index contributed by atoms with van der Waals surface area (Å²) in [5.74, 6) is 0. The summed E-state index contributed by atoms with van der Waals surface area (Å²) in [5, 5.41) is 14.5. The van der Waals surface area contributed by atoms with Crippen molar-refractivity contribution in [2.45, 2.75) is 11.4 Å². The van der Waals surface area contributed by atoms with E-state index < -0.39 is 10.0 Å². The monoisotopic (exact) mass is 357 g/mol. The molecule has 0 unspecified atom stereocenters. The van der Waals surface area contributed by atoms with Crippen LogP contribution in [0.3, 0.4) is 0 Å². The molecule has 2 N–H and O–H groups in total. The number of pyridine rings is 1. The Morgan fingerprint density at radius 1 is 1.16 bits per heavy atom. The first-order chi connectivity index (χ1) is 12.0. The highest BCUT2D eigenvalue weighted by Crippen LogP contribution is 2.24. The Balaban J connectivity index is 1.70. The zero-order valence-electron chi connectivity index (χ0n) is 13.7. The lowest BCUT2D eigenvalue weighted by Crippen LogP contribution is -2.46. The van der Waals surface area contributed by atoms with Gasteiger partial charge in [0, 0.05) is 38.9 Å². The van der Waals surface area contributed by atoms with E-state index in [-0.39, 0.29) is 4.90 Å². The Kier molecular flexibility index (Phi) is 4.99. The molecule has 1 aliphatic rings. The SMILES string of the molecule is N#Cc1cc(S(N)(=O)=O)ccc1N1CCN(Cc2ccccn2)CC1. The van der Waals surface area contributed by atoms with Gasteiger partial charge in [0.15, 0.2) is 0 Å². The fraction of sp³-hybridized carbons (Fsp3) is 0.294. The maximum atomic E-state index is 11.4. The maximum Gasteiger partial charge on any atom is 0.238 e. The predicted molar refractivity (Wildman–Crippen MR) is 94.3 cm³/mol. The molecule has 0 bridgehead atoms. The molecule has 0 saturated carbocycles. The van der Waals surface area contributed by atoms with Gasteiger partial charge >= 0.3 is 0 Å². The summed E-state index contributed by atoms with van der Waals surface area (Å²) in [7, 11) is -3.81. The van der Waals surface area contributed by atoms with E-state index in [1.165, 1.54) is 12.1 Å². The van der Waals surface area contributed by atoms with Gasteiger partial charge in [0.2, 0.25) is 10.0 Å². The number of nitrogens with zero attached hydrogens (tertiary/aromatic N) is 4. The van der Waals surface area contributed by atoms with Crippen LogP contribution in [0.15, 0.2) is 47.5 Å². The predicted octanol–water partition coefficient (Wildman–Crippen LogP) is 0.923. The van der Waals surface area contributed by atoms with Crippen LogP contribution in [0, 0.1) is 11.3 Å². The fourth-order valence-electron chi connectivity index (χ4n) is 2.93. The van der Waals surface area contributed by atoms with Gasteiger partial charge in [-0.25, -0.2) is 13.6 Å². The molecule has 0 spiro atoms. The second-order valence-electron chi connectivity index (χ2n) is 5.92. The van der Waals surface area contributed by atoms with Gasteiger partial charge in [-0.05, 0) is 30.3 Å². The van der Waals surface area contributed by atoms with Gasteiger partial charge in [0.05, 0.1) is 21.8 Å². The van der Waals surface area contributed by atoms with Crippen molar-refractivity contribution in [1.29, 1.82) is 5.26 Å². The van der Waals surface area contributed by atoms with Crippen LogP contribution < -0.4 is 10.0 Å². The molecule has 7 nitrogen and oxygen atoms in total. The van der Waals surface area contributed by atoms with Gasteiger partial charge in [-0.15, -0.1) is 0 Å². The number of nitrogens with two attached hydrogens (primary N) is 1. The number of benzene rings is 1. The number of hydrogen-bond acceptors (Lipinski definition) is 6. The summed E-state index contributed by atoms with van der Waals surface area (Å²) >= 11 is 0. The lowest BCUT2D eigenvalue weighted by molar-refractivity contribution is 0.247. The molecule has 0 radical (unpaired) electrons. The fourth-order valence-corrected chi connectivity index (χ4v) is 3.46. The molecule has 0 atom stereocenters. The molecule has 2 aromatic rings. The van der Waals surface area contributed by atoms with E-state index in [2.05, 4.69) is 20.9 Å². The van der Waals surface area contributed by atoms with Crippen LogP contribution in [0.5, 0.6) is 0 Å².